The maximum Gasteiger partial charge on any atom is 0.356 e. The van der Waals surface area contributed by atoms with Gasteiger partial charge in [0.15, 0.2) is 6.10 Å². The van der Waals surface area contributed by atoms with Crippen LogP contribution >= 0.6 is 11.6 Å². The molecule has 1 atom stereocenters. The van der Waals surface area contributed by atoms with Crippen molar-refractivity contribution in [1.82, 2.24) is 4.57 Å². The smallest absolute Gasteiger partial charge is 0.356 e. The maximum absolute atomic E-state index is 12.8. The van der Waals surface area contributed by atoms with Crippen LogP contribution < -0.4 is 5.32 Å². The number of ether oxygens (including phenoxy) is 2. The second-order valence-electron chi connectivity index (χ2n) is 7.55. The van der Waals surface area contributed by atoms with Crippen LogP contribution in [0.15, 0.2) is 78.0 Å². The number of hydrogen-bond acceptors (Lipinski definition) is 5. The summed E-state index contributed by atoms with van der Waals surface area (Å²) in [6.07, 6.45) is -0.881. The molecule has 0 aliphatic carbocycles. The fraction of sp³-hybridized carbons (Fsp3) is 0.120. The lowest BCUT2D eigenvalue weighted by atomic mass is 9.99. The van der Waals surface area contributed by atoms with Crippen molar-refractivity contribution >= 4 is 51.0 Å². The molecule has 1 aliphatic heterocycles. The van der Waals surface area contributed by atoms with E-state index >= 15 is 0 Å². The molecule has 4 aromatic rings. The van der Waals surface area contributed by atoms with Crippen molar-refractivity contribution < 1.29 is 19.1 Å². The molecule has 2 heterocycles. The highest BCUT2D eigenvalue weighted by atomic mass is 35.5. The van der Waals surface area contributed by atoms with Crippen molar-refractivity contribution in [3.63, 3.8) is 0 Å². The van der Waals surface area contributed by atoms with Crippen LogP contribution in [-0.2, 0) is 26.1 Å². The van der Waals surface area contributed by atoms with Gasteiger partial charge >= 0.3 is 11.9 Å². The van der Waals surface area contributed by atoms with Gasteiger partial charge in [0.25, 0.3) is 0 Å². The van der Waals surface area contributed by atoms with E-state index < -0.39 is 18.0 Å². The molecule has 0 bridgehead atoms. The average Bonchev–Trinajstić information content (AvgIpc) is 3.29. The quantitative estimate of drug-likeness (QED) is 0.440. The van der Waals surface area contributed by atoms with Crippen molar-refractivity contribution in [2.45, 2.75) is 6.10 Å². The number of fused-ring (bicyclic) bond motifs is 3. The van der Waals surface area contributed by atoms with E-state index in [0.29, 0.717) is 16.3 Å². The van der Waals surface area contributed by atoms with Crippen LogP contribution in [0.3, 0.4) is 0 Å². The Kier molecular flexibility index (Phi) is 4.87. The van der Waals surface area contributed by atoms with E-state index in [1.165, 1.54) is 7.11 Å². The zero-order valence-electron chi connectivity index (χ0n) is 17.4. The highest BCUT2D eigenvalue weighted by molar-refractivity contribution is 6.30. The third kappa shape index (κ3) is 3.20. The fourth-order valence-electron chi connectivity index (χ4n) is 4.16. The fourth-order valence-corrected chi connectivity index (χ4v) is 4.29. The van der Waals surface area contributed by atoms with Gasteiger partial charge in [-0.1, -0.05) is 35.9 Å². The number of rotatable bonds is 4. The Morgan fingerprint density at radius 3 is 2.50 bits per heavy atom. The lowest BCUT2D eigenvalue weighted by Crippen LogP contribution is -2.14. The Balaban J connectivity index is 1.63. The number of nitrogens with zero attached hydrogens (tertiary/aromatic N) is 1. The van der Waals surface area contributed by atoms with Crippen LogP contribution in [0.4, 0.5) is 5.69 Å². The Labute approximate surface area is 189 Å². The summed E-state index contributed by atoms with van der Waals surface area (Å²) in [7, 11) is 3.29. The number of cyclic esters (lactones) is 1. The topological polar surface area (TPSA) is 69.6 Å². The minimum absolute atomic E-state index is 0.0576. The summed E-state index contributed by atoms with van der Waals surface area (Å²) in [6, 6.07) is 20.7. The number of anilines is 1. The SMILES string of the molecule is COC(=O)C1=C(Nc2ccc(Cl)cc2)C(=O)OC1c1ccc2c(c1)c1ccccc1n2C. The molecule has 1 unspecified atom stereocenters. The van der Waals surface area contributed by atoms with Crippen LogP contribution in [-0.4, -0.2) is 23.6 Å². The van der Waals surface area contributed by atoms with Gasteiger partial charge in [0.2, 0.25) is 0 Å². The zero-order valence-corrected chi connectivity index (χ0v) is 18.1. The first kappa shape index (κ1) is 20.2. The predicted octanol–water partition coefficient (Wildman–Crippen LogP) is 5.12. The van der Waals surface area contributed by atoms with Crippen LogP contribution in [0.5, 0.6) is 0 Å². The molecule has 6 nitrogen and oxygen atoms in total. The van der Waals surface area contributed by atoms with Gasteiger partial charge in [-0.15, -0.1) is 0 Å². The minimum atomic E-state index is -0.881. The highest BCUT2D eigenvalue weighted by Gasteiger charge is 2.40. The molecule has 1 aliphatic rings. The van der Waals surface area contributed by atoms with E-state index in [1.54, 1.807) is 24.3 Å². The highest BCUT2D eigenvalue weighted by Crippen LogP contribution is 2.39. The largest absolute Gasteiger partial charge is 0.465 e. The van der Waals surface area contributed by atoms with Crippen LogP contribution in [0.1, 0.15) is 11.7 Å². The molecule has 160 valence electrons. The Morgan fingerprint density at radius 1 is 1.03 bits per heavy atom. The van der Waals surface area contributed by atoms with Crippen molar-refractivity contribution in [2.24, 2.45) is 7.05 Å². The summed E-state index contributed by atoms with van der Waals surface area (Å²) in [5.41, 5.74) is 3.62. The summed E-state index contributed by atoms with van der Waals surface area (Å²) in [4.78, 5) is 25.5. The van der Waals surface area contributed by atoms with E-state index in [2.05, 4.69) is 16.0 Å². The first-order chi connectivity index (χ1) is 15.5. The number of aryl methyl sites for hydroxylation is 1. The number of hydrogen-bond donors (Lipinski definition) is 1. The van der Waals surface area contributed by atoms with Gasteiger partial charge in [-0.25, -0.2) is 9.59 Å². The molecule has 1 aromatic heterocycles. The monoisotopic (exact) mass is 446 g/mol. The van der Waals surface area contributed by atoms with Crippen molar-refractivity contribution in [2.75, 3.05) is 12.4 Å². The molecule has 0 radical (unpaired) electrons. The summed E-state index contributed by atoms with van der Waals surface area (Å²) in [6.45, 7) is 0. The number of nitrogens with one attached hydrogen (secondary N) is 1. The van der Waals surface area contributed by atoms with Gasteiger partial charge in [-0.05, 0) is 48.0 Å². The maximum atomic E-state index is 12.8. The minimum Gasteiger partial charge on any atom is -0.465 e. The van der Waals surface area contributed by atoms with E-state index in [4.69, 9.17) is 21.1 Å². The molecular formula is C25H19ClN2O4. The molecule has 0 spiro atoms. The summed E-state index contributed by atoms with van der Waals surface area (Å²) >= 11 is 5.95. The Hall–Kier alpha value is -3.77. The Bertz CT molecular complexity index is 1420. The standard InChI is InChI=1S/C25H19ClN2O4/c1-28-19-6-4-3-5-17(19)18-13-14(7-12-20(18)28)23-21(24(29)31-2)22(25(30)32-23)27-16-10-8-15(26)9-11-16/h3-13,23,27H,1-2H3. The molecule has 3 aromatic carbocycles. The second kappa shape index (κ2) is 7.73. The molecule has 0 fully saturated rings. The number of aromatic nitrogens is 1. The number of esters is 2. The molecule has 0 saturated heterocycles. The van der Waals surface area contributed by atoms with Gasteiger partial charge in [0, 0.05) is 39.6 Å². The van der Waals surface area contributed by atoms with Crippen LogP contribution in [0.25, 0.3) is 21.8 Å². The number of para-hydroxylation sites is 1. The summed E-state index contributed by atoms with van der Waals surface area (Å²) < 4.78 is 12.7. The molecule has 7 heteroatoms. The molecule has 0 saturated carbocycles. The number of carbonyl (C=O) groups excluding carboxylic acids is 2. The van der Waals surface area contributed by atoms with Gasteiger partial charge < -0.3 is 19.4 Å². The third-order valence-electron chi connectivity index (χ3n) is 5.72. The van der Waals surface area contributed by atoms with Gasteiger partial charge in [-0.3, -0.25) is 0 Å². The van der Waals surface area contributed by atoms with Crippen molar-refractivity contribution in [3.8, 4) is 0 Å². The van der Waals surface area contributed by atoms with Crippen molar-refractivity contribution in [1.29, 1.82) is 0 Å². The zero-order chi connectivity index (χ0) is 22.4. The first-order valence-electron chi connectivity index (χ1n) is 10.0. The summed E-state index contributed by atoms with van der Waals surface area (Å²) in [5, 5.41) is 5.65. The first-order valence-corrected chi connectivity index (χ1v) is 10.4. The van der Waals surface area contributed by atoms with Gasteiger partial charge in [0.05, 0.1) is 7.11 Å². The number of methoxy groups -OCH3 is 1. The number of halogens is 1. The number of benzene rings is 3. The third-order valence-corrected chi connectivity index (χ3v) is 5.97. The van der Waals surface area contributed by atoms with E-state index in [1.807, 2.05) is 43.4 Å². The van der Waals surface area contributed by atoms with Crippen LogP contribution in [0.2, 0.25) is 5.02 Å². The van der Waals surface area contributed by atoms with E-state index in [0.717, 1.165) is 21.8 Å². The van der Waals surface area contributed by atoms with Crippen molar-refractivity contribution in [3.05, 3.63) is 88.6 Å². The lowest BCUT2D eigenvalue weighted by molar-refractivity contribution is -0.141. The number of carbonyl (C=O) groups is 2. The van der Waals surface area contributed by atoms with Gasteiger partial charge in [-0.2, -0.15) is 0 Å². The lowest BCUT2D eigenvalue weighted by Gasteiger charge is -2.13. The molecule has 1 N–H and O–H groups in total. The second-order valence-corrected chi connectivity index (χ2v) is 7.99. The molecule has 5 rings (SSSR count). The molecule has 32 heavy (non-hydrogen) atoms. The molecule has 0 amide bonds. The Morgan fingerprint density at radius 2 is 1.75 bits per heavy atom. The summed E-state index contributed by atoms with van der Waals surface area (Å²) in [5.74, 6) is -1.25. The predicted molar refractivity (Wildman–Crippen MR) is 123 cm³/mol. The van der Waals surface area contributed by atoms with Crippen LogP contribution in [0, 0.1) is 0 Å². The average molecular weight is 447 g/mol. The van der Waals surface area contributed by atoms with E-state index in [-0.39, 0.29) is 11.3 Å². The van der Waals surface area contributed by atoms with Gasteiger partial charge in [0.1, 0.15) is 11.3 Å². The van der Waals surface area contributed by atoms with E-state index in [9.17, 15) is 9.59 Å². The molecular weight excluding hydrogens is 428 g/mol. The normalized spacial score (nSPS) is 16.0.